The van der Waals surface area contributed by atoms with Crippen LogP contribution >= 0.6 is 11.6 Å². The lowest BCUT2D eigenvalue weighted by atomic mass is 10.2. The fourth-order valence-electron chi connectivity index (χ4n) is 3.00. The lowest BCUT2D eigenvalue weighted by molar-refractivity contribution is 0.399. The van der Waals surface area contributed by atoms with E-state index in [0.29, 0.717) is 34.0 Å². The first-order chi connectivity index (χ1) is 13.6. The van der Waals surface area contributed by atoms with Crippen molar-refractivity contribution in [2.75, 3.05) is 13.0 Å². The van der Waals surface area contributed by atoms with Crippen LogP contribution in [0.25, 0.3) is 28.1 Å². The van der Waals surface area contributed by atoms with E-state index in [9.17, 15) is 9.18 Å². The zero-order valence-electron chi connectivity index (χ0n) is 14.8. The van der Waals surface area contributed by atoms with Crippen molar-refractivity contribution in [1.82, 2.24) is 24.3 Å². The molecule has 9 heteroatoms. The summed E-state index contributed by atoms with van der Waals surface area (Å²) in [6, 6.07) is 9.28. The summed E-state index contributed by atoms with van der Waals surface area (Å²) in [5.74, 6) is 0.574. The standard InChI is InChI=1S/C19H15ClFN5O2/c1-28-18-14(3-2-9-22-18)16-24-17-15(19(27)25(16)10-8-20)11-23-26(17)13-6-4-12(21)5-7-13/h2-7,9,11H,8,10H2,1H3. The highest BCUT2D eigenvalue weighted by molar-refractivity contribution is 6.17. The predicted molar refractivity (Wildman–Crippen MR) is 104 cm³/mol. The van der Waals surface area contributed by atoms with Crippen LogP contribution in [0.2, 0.25) is 0 Å². The molecule has 0 N–H and O–H groups in total. The maximum absolute atomic E-state index is 13.3. The summed E-state index contributed by atoms with van der Waals surface area (Å²) in [5, 5.41) is 4.61. The average molecular weight is 400 g/mol. The van der Waals surface area contributed by atoms with Gasteiger partial charge in [-0.3, -0.25) is 9.36 Å². The number of nitrogens with zero attached hydrogens (tertiary/aromatic N) is 5. The van der Waals surface area contributed by atoms with E-state index < -0.39 is 0 Å². The Kier molecular flexibility index (Phi) is 4.79. The first-order valence-electron chi connectivity index (χ1n) is 8.44. The summed E-state index contributed by atoms with van der Waals surface area (Å²) < 4.78 is 21.6. The number of halogens is 2. The number of methoxy groups -OCH3 is 1. The maximum Gasteiger partial charge on any atom is 0.264 e. The molecule has 3 heterocycles. The summed E-state index contributed by atoms with van der Waals surface area (Å²) >= 11 is 5.92. The van der Waals surface area contributed by atoms with Gasteiger partial charge in [-0.2, -0.15) is 5.10 Å². The topological polar surface area (TPSA) is 74.8 Å². The highest BCUT2D eigenvalue weighted by Crippen LogP contribution is 2.27. The second-order valence-corrected chi connectivity index (χ2v) is 6.29. The van der Waals surface area contributed by atoms with Crippen LogP contribution in [0, 0.1) is 5.82 Å². The highest BCUT2D eigenvalue weighted by atomic mass is 35.5. The normalized spacial score (nSPS) is 11.1. The molecule has 0 fully saturated rings. The summed E-state index contributed by atoms with van der Waals surface area (Å²) in [4.78, 5) is 22.0. The number of hydrogen-bond acceptors (Lipinski definition) is 5. The lowest BCUT2D eigenvalue weighted by Crippen LogP contribution is -2.24. The van der Waals surface area contributed by atoms with Crippen molar-refractivity contribution in [3.63, 3.8) is 0 Å². The van der Waals surface area contributed by atoms with Crippen LogP contribution < -0.4 is 10.3 Å². The van der Waals surface area contributed by atoms with Crippen LogP contribution in [0.4, 0.5) is 4.39 Å². The molecule has 0 unspecified atom stereocenters. The minimum atomic E-state index is -0.363. The molecule has 0 atom stereocenters. The molecule has 3 aromatic heterocycles. The molecular formula is C19H15ClFN5O2. The van der Waals surface area contributed by atoms with E-state index in [1.807, 2.05) is 0 Å². The molecule has 0 bridgehead atoms. The average Bonchev–Trinajstić information content (AvgIpc) is 3.15. The van der Waals surface area contributed by atoms with Gasteiger partial charge in [-0.25, -0.2) is 19.0 Å². The molecule has 1 aromatic carbocycles. The minimum absolute atomic E-state index is 0.231. The SMILES string of the molecule is COc1ncccc1-c1nc2c(cnn2-c2ccc(F)cc2)c(=O)n1CCCl. The molecule has 7 nitrogen and oxygen atoms in total. The monoisotopic (exact) mass is 399 g/mol. The van der Waals surface area contributed by atoms with Crippen molar-refractivity contribution in [1.29, 1.82) is 0 Å². The smallest absolute Gasteiger partial charge is 0.264 e. The number of rotatable bonds is 5. The molecule has 0 aliphatic carbocycles. The second-order valence-electron chi connectivity index (χ2n) is 5.91. The number of benzene rings is 1. The van der Waals surface area contributed by atoms with Gasteiger partial charge < -0.3 is 4.74 Å². The molecule has 0 amide bonds. The molecule has 0 saturated carbocycles. The molecule has 0 saturated heterocycles. The number of ether oxygens (including phenoxy) is 1. The van der Waals surface area contributed by atoms with E-state index in [0.717, 1.165) is 0 Å². The first kappa shape index (κ1) is 18.1. The lowest BCUT2D eigenvalue weighted by Gasteiger charge is -2.13. The number of alkyl halides is 1. The Morgan fingerprint density at radius 1 is 1.21 bits per heavy atom. The van der Waals surface area contributed by atoms with Crippen LogP contribution in [0.5, 0.6) is 5.88 Å². The third-order valence-electron chi connectivity index (χ3n) is 4.27. The summed E-state index contributed by atoms with van der Waals surface area (Å²) in [7, 11) is 1.50. The van der Waals surface area contributed by atoms with Crippen LogP contribution in [0.15, 0.2) is 53.6 Å². The van der Waals surface area contributed by atoms with Gasteiger partial charge in [0.15, 0.2) is 11.5 Å². The predicted octanol–water partition coefficient (Wildman–Crippen LogP) is 3.03. The van der Waals surface area contributed by atoms with Crippen molar-refractivity contribution in [2.24, 2.45) is 0 Å². The van der Waals surface area contributed by atoms with Gasteiger partial charge in [0.05, 0.1) is 24.6 Å². The second kappa shape index (κ2) is 7.40. The zero-order valence-corrected chi connectivity index (χ0v) is 15.6. The Morgan fingerprint density at radius 3 is 2.71 bits per heavy atom. The quantitative estimate of drug-likeness (QED) is 0.482. The fraction of sp³-hybridized carbons (Fsp3) is 0.158. The van der Waals surface area contributed by atoms with E-state index in [1.165, 1.54) is 34.7 Å². The number of hydrogen-bond donors (Lipinski definition) is 0. The van der Waals surface area contributed by atoms with Crippen molar-refractivity contribution in [3.8, 4) is 23.0 Å². The van der Waals surface area contributed by atoms with Gasteiger partial charge >= 0.3 is 0 Å². The summed E-state index contributed by atoms with van der Waals surface area (Å²) in [6.45, 7) is 0.262. The van der Waals surface area contributed by atoms with Gasteiger partial charge in [0, 0.05) is 18.6 Å². The maximum atomic E-state index is 13.3. The van der Waals surface area contributed by atoms with Gasteiger partial charge in [0.1, 0.15) is 11.2 Å². The summed E-state index contributed by atoms with van der Waals surface area (Å²) in [6.07, 6.45) is 3.04. The van der Waals surface area contributed by atoms with Crippen LogP contribution in [-0.4, -0.2) is 37.3 Å². The number of pyridine rings is 1. The van der Waals surface area contributed by atoms with E-state index in [4.69, 9.17) is 16.3 Å². The third-order valence-corrected chi connectivity index (χ3v) is 4.44. The Hall–Kier alpha value is -3.26. The van der Waals surface area contributed by atoms with Crippen LogP contribution in [-0.2, 0) is 6.54 Å². The van der Waals surface area contributed by atoms with E-state index in [2.05, 4.69) is 15.1 Å². The van der Waals surface area contributed by atoms with Crippen molar-refractivity contribution < 1.29 is 9.13 Å². The van der Waals surface area contributed by atoms with E-state index in [1.54, 1.807) is 30.5 Å². The molecule has 4 rings (SSSR count). The summed E-state index contributed by atoms with van der Waals surface area (Å²) in [5.41, 5.74) is 1.21. The van der Waals surface area contributed by atoms with E-state index >= 15 is 0 Å². The number of aromatic nitrogens is 5. The first-order valence-corrected chi connectivity index (χ1v) is 8.97. The molecule has 28 heavy (non-hydrogen) atoms. The highest BCUT2D eigenvalue weighted by Gasteiger charge is 2.19. The molecule has 0 spiro atoms. The van der Waals surface area contributed by atoms with Crippen LogP contribution in [0.3, 0.4) is 0 Å². The van der Waals surface area contributed by atoms with Gasteiger partial charge in [-0.05, 0) is 36.4 Å². The largest absolute Gasteiger partial charge is 0.480 e. The zero-order chi connectivity index (χ0) is 19.7. The Bertz CT molecular complexity index is 1200. The Balaban J connectivity index is 2.03. The molecule has 0 aliphatic rings. The molecule has 0 radical (unpaired) electrons. The van der Waals surface area contributed by atoms with Gasteiger partial charge in [0.25, 0.3) is 5.56 Å². The van der Waals surface area contributed by atoms with Crippen molar-refractivity contribution in [2.45, 2.75) is 6.54 Å². The molecular weight excluding hydrogens is 385 g/mol. The van der Waals surface area contributed by atoms with Crippen molar-refractivity contribution in [3.05, 3.63) is 65.0 Å². The van der Waals surface area contributed by atoms with Gasteiger partial charge in [-0.1, -0.05) is 0 Å². The molecule has 0 aliphatic heterocycles. The number of fused-ring (bicyclic) bond motifs is 1. The Morgan fingerprint density at radius 2 is 2.00 bits per heavy atom. The van der Waals surface area contributed by atoms with E-state index in [-0.39, 0.29) is 23.8 Å². The van der Waals surface area contributed by atoms with Crippen LogP contribution in [0.1, 0.15) is 0 Å². The molecule has 4 aromatic rings. The van der Waals surface area contributed by atoms with Gasteiger partial charge in [0.2, 0.25) is 5.88 Å². The Labute approximate surface area is 164 Å². The minimum Gasteiger partial charge on any atom is -0.480 e. The fourth-order valence-corrected chi connectivity index (χ4v) is 3.16. The van der Waals surface area contributed by atoms with Gasteiger partial charge in [-0.15, -0.1) is 11.6 Å². The van der Waals surface area contributed by atoms with Crippen molar-refractivity contribution >= 4 is 22.6 Å². The molecule has 142 valence electrons. The third kappa shape index (κ3) is 3.01.